The maximum atomic E-state index is 12.0. The van der Waals surface area contributed by atoms with Gasteiger partial charge in [0, 0.05) is 26.1 Å². The van der Waals surface area contributed by atoms with Gasteiger partial charge in [0.1, 0.15) is 0 Å². The highest BCUT2D eigenvalue weighted by Crippen LogP contribution is 2.27. The molecule has 24 heavy (non-hydrogen) atoms. The van der Waals surface area contributed by atoms with Crippen LogP contribution in [0, 0.1) is 11.8 Å². The van der Waals surface area contributed by atoms with E-state index in [9.17, 15) is 4.79 Å². The van der Waals surface area contributed by atoms with Gasteiger partial charge in [-0.1, -0.05) is 19.3 Å². The molecule has 0 aromatic heterocycles. The molecular formula is C20H36N2O2. The van der Waals surface area contributed by atoms with E-state index in [0.29, 0.717) is 13.0 Å². The number of hydrogen-bond donors (Lipinski definition) is 1. The van der Waals surface area contributed by atoms with Crippen molar-refractivity contribution in [2.75, 3.05) is 32.8 Å². The molecule has 0 unspecified atom stereocenters. The zero-order valence-corrected chi connectivity index (χ0v) is 15.3. The molecule has 4 heteroatoms. The van der Waals surface area contributed by atoms with Crippen LogP contribution in [0.25, 0.3) is 0 Å². The van der Waals surface area contributed by atoms with E-state index in [1.54, 1.807) is 0 Å². The fourth-order valence-electron chi connectivity index (χ4n) is 4.65. The van der Waals surface area contributed by atoms with Crippen LogP contribution in [-0.4, -0.2) is 49.7 Å². The second-order valence-electron chi connectivity index (χ2n) is 8.23. The molecular weight excluding hydrogens is 300 g/mol. The summed E-state index contributed by atoms with van der Waals surface area (Å²) in [5.41, 5.74) is 0. The van der Waals surface area contributed by atoms with E-state index in [1.807, 2.05) is 0 Å². The number of piperidine rings is 1. The van der Waals surface area contributed by atoms with Crippen LogP contribution in [0.15, 0.2) is 0 Å². The van der Waals surface area contributed by atoms with Crippen molar-refractivity contribution in [3.63, 3.8) is 0 Å². The van der Waals surface area contributed by atoms with Gasteiger partial charge in [-0.3, -0.25) is 4.79 Å². The first kappa shape index (κ1) is 18.2. The number of ether oxygens (including phenoxy) is 1. The summed E-state index contributed by atoms with van der Waals surface area (Å²) < 4.78 is 5.55. The van der Waals surface area contributed by atoms with Crippen molar-refractivity contribution in [1.82, 2.24) is 10.2 Å². The summed E-state index contributed by atoms with van der Waals surface area (Å²) in [6.45, 7) is 5.39. The lowest BCUT2D eigenvalue weighted by Crippen LogP contribution is -2.38. The van der Waals surface area contributed by atoms with Gasteiger partial charge >= 0.3 is 0 Å². The summed E-state index contributed by atoms with van der Waals surface area (Å²) in [6.07, 6.45) is 14.1. The quantitative estimate of drug-likeness (QED) is 0.775. The van der Waals surface area contributed by atoms with Crippen LogP contribution >= 0.6 is 0 Å². The van der Waals surface area contributed by atoms with E-state index < -0.39 is 0 Å². The van der Waals surface area contributed by atoms with E-state index in [2.05, 4.69) is 10.2 Å². The normalized spacial score (nSPS) is 27.4. The number of nitrogens with one attached hydrogen (secondary N) is 1. The van der Waals surface area contributed by atoms with Crippen LogP contribution in [0.5, 0.6) is 0 Å². The molecule has 3 aliphatic rings. The third-order valence-corrected chi connectivity index (χ3v) is 6.28. The summed E-state index contributed by atoms with van der Waals surface area (Å²) in [4.78, 5) is 14.7. The summed E-state index contributed by atoms with van der Waals surface area (Å²) in [7, 11) is 0. The van der Waals surface area contributed by atoms with Crippen LogP contribution in [0.4, 0.5) is 0 Å². The second kappa shape index (κ2) is 9.76. The molecule has 1 aliphatic carbocycles. The van der Waals surface area contributed by atoms with E-state index in [-0.39, 0.29) is 12.0 Å². The minimum Gasteiger partial charge on any atom is -0.376 e. The SMILES string of the molecule is O=C(CCC1CCN(CC2CCCCC2)CC1)NC[C@@H]1CCCO1. The Morgan fingerprint density at radius 1 is 0.958 bits per heavy atom. The largest absolute Gasteiger partial charge is 0.376 e. The van der Waals surface area contributed by atoms with Gasteiger partial charge < -0.3 is 15.0 Å². The molecule has 0 aromatic rings. The lowest BCUT2D eigenvalue weighted by molar-refractivity contribution is -0.122. The lowest BCUT2D eigenvalue weighted by atomic mass is 9.87. The number of likely N-dealkylation sites (tertiary alicyclic amines) is 1. The number of rotatable bonds is 7. The highest BCUT2D eigenvalue weighted by molar-refractivity contribution is 5.75. The molecule has 4 nitrogen and oxygen atoms in total. The first-order chi connectivity index (χ1) is 11.8. The monoisotopic (exact) mass is 336 g/mol. The molecule has 1 N–H and O–H groups in total. The van der Waals surface area contributed by atoms with Gasteiger partial charge in [-0.2, -0.15) is 0 Å². The molecule has 1 amide bonds. The Kier molecular flexibility index (Phi) is 7.40. The fourth-order valence-corrected chi connectivity index (χ4v) is 4.65. The van der Waals surface area contributed by atoms with Crippen molar-refractivity contribution >= 4 is 5.91 Å². The van der Waals surface area contributed by atoms with E-state index in [4.69, 9.17) is 4.74 Å². The Hall–Kier alpha value is -0.610. The van der Waals surface area contributed by atoms with Crippen molar-refractivity contribution in [3.05, 3.63) is 0 Å². The zero-order chi connectivity index (χ0) is 16.6. The third kappa shape index (κ3) is 6.03. The number of nitrogens with zero attached hydrogens (tertiary/aromatic N) is 1. The Morgan fingerprint density at radius 3 is 2.46 bits per heavy atom. The molecule has 3 rings (SSSR count). The molecule has 1 saturated carbocycles. The summed E-state index contributed by atoms with van der Waals surface area (Å²) in [5, 5.41) is 3.05. The van der Waals surface area contributed by atoms with E-state index in [1.165, 1.54) is 64.6 Å². The van der Waals surface area contributed by atoms with Gasteiger partial charge in [-0.15, -0.1) is 0 Å². The summed E-state index contributed by atoms with van der Waals surface area (Å²) in [6, 6.07) is 0. The van der Waals surface area contributed by atoms with Crippen LogP contribution in [-0.2, 0) is 9.53 Å². The van der Waals surface area contributed by atoms with Crippen LogP contribution in [0.3, 0.4) is 0 Å². The van der Waals surface area contributed by atoms with Gasteiger partial charge in [0.15, 0.2) is 0 Å². The summed E-state index contributed by atoms with van der Waals surface area (Å²) in [5.74, 6) is 1.93. The Balaban J connectivity index is 1.24. The van der Waals surface area contributed by atoms with Crippen molar-refractivity contribution in [1.29, 1.82) is 0 Å². The molecule has 0 radical (unpaired) electrons. The summed E-state index contributed by atoms with van der Waals surface area (Å²) >= 11 is 0. The molecule has 0 bridgehead atoms. The van der Waals surface area contributed by atoms with Crippen LogP contribution in [0.2, 0.25) is 0 Å². The number of amides is 1. The number of hydrogen-bond acceptors (Lipinski definition) is 3. The average molecular weight is 337 g/mol. The maximum Gasteiger partial charge on any atom is 0.220 e. The van der Waals surface area contributed by atoms with E-state index >= 15 is 0 Å². The molecule has 138 valence electrons. The number of carbonyl (C=O) groups is 1. The van der Waals surface area contributed by atoms with Gasteiger partial charge in [-0.05, 0) is 69.9 Å². The van der Waals surface area contributed by atoms with Crippen molar-refractivity contribution in [3.8, 4) is 0 Å². The van der Waals surface area contributed by atoms with Crippen molar-refractivity contribution < 1.29 is 9.53 Å². The predicted molar refractivity (Wildman–Crippen MR) is 97.0 cm³/mol. The second-order valence-corrected chi connectivity index (χ2v) is 8.23. The maximum absolute atomic E-state index is 12.0. The van der Waals surface area contributed by atoms with Crippen molar-refractivity contribution in [2.24, 2.45) is 11.8 Å². The first-order valence-electron chi connectivity index (χ1n) is 10.4. The molecule has 0 spiro atoms. The molecule has 2 aliphatic heterocycles. The average Bonchev–Trinajstić information content (AvgIpc) is 3.14. The van der Waals surface area contributed by atoms with E-state index in [0.717, 1.165) is 37.7 Å². The Morgan fingerprint density at radius 2 is 1.75 bits per heavy atom. The molecule has 0 aromatic carbocycles. The highest BCUT2D eigenvalue weighted by atomic mass is 16.5. The minimum atomic E-state index is 0.218. The molecule has 3 fully saturated rings. The minimum absolute atomic E-state index is 0.218. The van der Waals surface area contributed by atoms with Gasteiger partial charge in [0.25, 0.3) is 0 Å². The first-order valence-corrected chi connectivity index (χ1v) is 10.4. The Bertz CT molecular complexity index is 368. The van der Waals surface area contributed by atoms with Gasteiger partial charge in [0.2, 0.25) is 5.91 Å². The molecule has 2 heterocycles. The third-order valence-electron chi connectivity index (χ3n) is 6.28. The lowest BCUT2D eigenvalue weighted by Gasteiger charge is -2.35. The van der Waals surface area contributed by atoms with Gasteiger partial charge in [-0.25, -0.2) is 0 Å². The topological polar surface area (TPSA) is 41.6 Å². The standard InChI is InChI=1S/C20H36N2O2/c23-20(21-15-19-7-4-14-24-19)9-8-17-10-12-22(13-11-17)16-18-5-2-1-3-6-18/h17-19H,1-16H2,(H,21,23)/t19-/m0/s1. The van der Waals surface area contributed by atoms with Crippen LogP contribution < -0.4 is 5.32 Å². The highest BCUT2D eigenvalue weighted by Gasteiger charge is 2.23. The van der Waals surface area contributed by atoms with Crippen LogP contribution in [0.1, 0.15) is 70.6 Å². The fraction of sp³-hybridized carbons (Fsp3) is 0.950. The molecule has 1 atom stereocenters. The Labute approximate surface area is 147 Å². The van der Waals surface area contributed by atoms with Crippen molar-refractivity contribution in [2.45, 2.75) is 76.7 Å². The van der Waals surface area contributed by atoms with Gasteiger partial charge in [0.05, 0.1) is 6.10 Å². The molecule has 2 saturated heterocycles. The smallest absolute Gasteiger partial charge is 0.220 e. The predicted octanol–water partition coefficient (Wildman–Crippen LogP) is 3.35. The zero-order valence-electron chi connectivity index (χ0n) is 15.3. The number of carbonyl (C=O) groups excluding carboxylic acids is 1.